The number of Topliss-reactive ketones (excluding diaryl/α,β-unsaturated/α-hetero) is 1. The summed E-state index contributed by atoms with van der Waals surface area (Å²) in [5.41, 5.74) is 3.83. The zero-order valence-electron chi connectivity index (χ0n) is 21.2. The predicted octanol–water partition coefficient (Wildman–Crippen LogP) is 8.01. The Kier molecular flexibility index (Phi) is 8.78. The number of halogens is 1. The number of pyridine rings is 1. The lowest BCUT2D eigenvalue weighted by Crippen LogP contribution is -2.14. The number of ketones is 1. The highest BCUT2D eigenvalue weighted by Crippen LogP contribution is 2.42. The summed E-state index contributed by atoms with van der Waals surface area (Å²) in [5, 5.41) is 2.52. The molecule has 2 atom stereocenters. The van der Waals surface area contributed by atoms with Crippen molar-refractivity contribution in [2.75, 3.05) is 5.32 Å². The molecule has 1 N–H and O–H groups in total. The van der Waals surface area contributed by atoms with Crippen LogP contribution in [0.2, 0.25) is 0 Å². The van der Waals surface area contributed by atoms with Gasteiger partial charge in [0.25, 0.3) is 0 Å². The molecule has 7 heteroatoms. The van der Waals surface area contributed by atoms with Crippen molar-refractivity contribution in [3.05, 3.63) is 52.8 Å². The maximum absolute atomic E-state index is 14.8. The second kappa shape index (κ2) is 11.6. The SMILES string of the molecule is CCC(C)/C(C)=C(/c1cc2nccc(Oc3ccc(NC(=O)CC(C)=O)cc3F)c2s1)C(C)CC. The first-order valence-corrected chi connectivity index (χ1v) is 12.8. The average Bonchev–Trinajstić information content (AvgIpc) is 3.24. The molecule has 0 aliphatic heterocycles. The van der Waals surface area contributed by atoms with E-state index in [0.29, 0.717) is 17.6 Å². The van der Waals surface area contributed by atoms with Gasteiger partial charge < -0.3 is 10.1 Å². The summed E-state index contributed by atoms with van der Waals surface area (Å²) < 4.78 is 21.6. The molecular weight excluding hydrogens is 463 g/mol. The lowest BCUT2D eigenvalue weighted by molar-refractivity contribution is -0.124. The second-order valence-corrected chi connectivity index (χ2v) is 10.1. The highest BCUT2D eigenvalue weighted by atomic mass is 32.1. The maximum atomic E-state index is 14.8. The van der Waals surface area contributed by atoms with Crippen molar-refractivity contribution in [2.45, 2.75) is 60.8 Å². The van der Waals surface area contributed by atoms with Crippen molar-refractivity contribution in [2.24, 2.45) is 11.8 Å². The molecule has 0 saturated carbocycles. The molecule has 0 spiro atoms. The van der Waals surface area contributed by atoms with Crippen molar-refractivity contribution in [1.82, 2.24) is 4.98 Å². The Labute approximate surface area is 210 Å². The van der Waals surface area contributed by atoms with Crippen LogP contribution in [0.4, 0.5) is 10.1 Å². The van der Waals surface area contributed by atoms with Crippen LogP contribution in [0.3, 0.4) is 0 Å². The third-order valence-electron chi connectivity index (χ3n) is 6.37. The average molecular weight is 497 g/mol. The number of carbonyl (C=O) groups is 2. The summed E-state index contributed by atoms with van der Waals surface area (Å²) >= 11 is 1.62. The number of thiophene rings is 1. The first kappa shape index (κ1) is 26.5. The summed E-state index contributed by atoms with van der Waals surface area (Å²) in [4.78, 5) is 28.6. The Morgan fingerprint density at radius 3 is 2.40 bits per heavy atom. The lowest BCUT2D eigenvalue weighted by atomic mass is 9.86. The van der Waals surface area contributed by atoms with E-state index in [9.17, 15) is 14.0 Å². The van der Waals surface area contributed by atoms with Crippen molar-refractivity contribution < 1.29 is 18.7 Å². The van der Waals surface area contributed by atoms with Crippen LogP contribution in [-0.4, -0.2) is 16.7 Å². The fraction of sp³-hybridized carbons (Fsp3) is 0.393. The summed E-state index contributed by atoms with van der Waals surface area (Å²) in [5.74, 6) is 0.117. The molecular formula is C28H33FN2O3S. The van der Waals surface area contributed by atoms with Gasteiger partial charge in [0, 0.05) is 28.9 Å². The Hall–Kier alpha value is -3.06. The molecule has 0 bridgehead atoms. The number of allylic oxidation sites excluding steroid dienone is 2. The fourth-order valence-corrected chi connectivity index (χ4v) is 5.23. The number of aromatic nitrogens is 1. The Bertz CT molecular complexity index is 1260. The minimum Gasteiger partial charge on any atom is -0.453 e. The van der Waals surface area contributed by atoms with Crippen LogP contribution in [0, 0.1) is 17.7 Å². The van der Waals surface area contributed by atoms with Gasteiger partial charge in [0.2, 0.25) is 5.91 Å². The highest BCUT2D eigenvalue weighted by molar-refractivity contribution is 7.20. The Balaban J connectivity index is 1.94. The Morgan fingerprint density at radius 1 is 1.06 bits per heavy atom. The number of rotatable bonds is 10. The molecule has 5 nitrogen and oxygen atoms in total. The molecule has 2 unspecified atom stereocenters. The molecule has 0 fully saturated rings. The van der Waals surface area contributed by atoms with Crippen LogP contribution in [0.25, 0.3) is 15.8 Å². The van der Waals surface area contributed by atoms with Gasteiger partial charge in [-0.25, -0.2) is 4.39 Å². The van der Waals surface area contributed by atoms with Crippen LogP contribution < -0.4 is 10.1 Å². The third-order valence-corrected chi connectivity index (χ3v) is 7.54. The summed E-state index contributed by atoms with van der Waals surface area (Å²) in [7, 11) is 0. The van der Waals surface area contributed by atoms with Gasteiger partial charge in [-0.2, -0.15) is 0 Å². The number of fused-ring (bicyclic) bond motifs is 1. The van der Waals surface area contributed by atoms with Gasteiger partial charge in [-0.15, -0.1) is 11.3 Å². The molecule has 2 heterocycles. The summed E-state index contributed by atoms with van der Waals surface area (Å²) in [6.07, 6.45) is 3.53. The van der Waals surface area contributed by atoms with E-state index < -0.39 is 11.7 Å². The molecule has 0 radical (unpaired) electrons. The summed E-state index contributed by atoms with van der Waals surface area (Å²) in [6, 6.07) is 8.04. The molecule has 0 aliphatic carbocycles. The van der Waals surface area contributed by atoms with Crippen LogP contribution >= 0.6 is 11.3 Å². The van der Waals surface area contributed by atoms with Crippen LogP contribution in [0.1, 0.15) is 65.7 Å². The highest BCUT2D eigenvalue weighted by Gasteiger charge is 2.20. The minimum absolute atomic E-state index is 0.0468. The number of carbonyl (C=O) groups excluding carboxylic acids is 2. The van der Waals surface area contributed by atoms with E-state index in [4.69, 9.17) is 4.74 Å². The number of hydrogen-bond donors (Lipinski definition) is 1. The van der Waals surface area contributed by atoms with Gasteiger partial charge in [0.1, 0.15) is 11.5 Å². The molecule has 1 aromatic carbocycles. The van der Waals surface area contributed by atoms with Crippen molar-refractivity contribution in [3.63, 3.8) is 0 Å². The maximum Gasteiger partial charge on any atom is 0.231 e. The van der Waals surface area contributed by atoms with Gasteiger partial charge >= 0.3 is 0 Å². The minimum atomic E-state index is -0.611. The number of hydrogen-bond acceptors (Lipinski definition) is 5. The normalized spacial score (nSPS) is 13.8. The van der Waals surface area contributed by atoms with E-state index in [2.05, 4.69) is 51.0 Å². The van der Waals surface area contributed by atoms with Crippen LogP contribution in [-0.2, 0) is 9.59 Å². The van der Waals surface area contributed by atoms with E-state index >= 15 is 0 Å². The lowest BCUT2D eigenvalue weighted by Gasteiger charge is -2.20. The number of nitrogens with zero attached hydrogens (tertiary/aromatic N) is 1. The van der Waals surface area contributed by atoms with Crippen molar-refractivity contribution >= 4 is 44.5 Å². The molecule has 186 valence electrons. The van der Waals surface area contributed by atoms with E-state index in [1.54, 1.807) is 29.7 Å². The Morgan fingerprint density at radius 2 is 1.77 bits per heavy atom. The molecule has 35 heavy (non-hydrogen) atoms. The molecule has 3 rings (SSSR count). The molecule has 0 saturated heterocycles. The van der Waals surface area contributed by atoms with Crippen LogP contribution in [0.5, 0.6) is 11.5 Å². The molecule has 2 aromatic heterocycles. The number of anilines is 1. The van der Waals surface area contributed by atoms with Crippen LogP contribution in [0.15, 0.2) is 42.1 Å². The third kappa shape index (κ3) is 6.34. The first-order valence-electron chi connectivity index (χ1n) is 12.0. The van der Waals surface area contributed by atoms with Gasteiger partial charge in [-0.3, -0.25) is 14.6 Å². The van der Waals surface area contributed by atoms with E-state index in [1.807, 2.05) is 0 Å². The molecule has 3 aromatic rings. The zero-order valence-corrected chi connectivity index (χ0v) is 22.0. The van der Waals surface area contributed by atoms with Gasteiger partial charge in [-0.1, -0.05) is 33.3 Å². The topological polar surface area (TPSA) is 68.3 Å². The fourth-order valence-electron chi connectivity index (χ4n) is 3.94. The van der Waals surface area contributed by atoms with Crippen molar-refractivity contribution in [3.8, 4) is 11.5 Å². The largest absolute Gasteiger partial charge is 0.453 e. The number of amides is 1. The van der Waals surface area contributed by atoms with Gasteiger partial charge in [0.05, 0.1) is 16.6 Å². The quantitative estimate of drug-likeness (QED) is 0.289. The van der Waals surface area contributed by atoms with E-state index in [-0.39, 0.29) is 23.6 Å². The molecule has 1 amide bonds. The number of ether oxygens (including phenoxy) is 1. The number of nitrogens with one attached hydrogen (secondary N) is 1. The predicted molar refractivity (Wildman–Crippen MR) is 142 cm³/mol. The van der Waals surface area contributed by atoms with E-state index in [1.165, 1.54) is 35.1 Å². The zero-order chi connectivity index (χ0) is 25.7. The van der Waals surface area contributed by atoms with Gasteiger partial charge in [-0.05, 0) is 62.3 Å². The summed E-state index contributed by atoms with van der Waals surface area (Å²) in [6.45, 7) is 12.5. The van der Waals surface area contributed by atoms with E-state index in [0.717, 1.165) is 23.1 Å². The number of benzene rings is 1. The standard InChI is InChI=1S/C28H33FN2O3S/c1-7-16(3)19(6)27(17(4)8-2)25-15-22-28(35-25)24(11-12-30-22)34-23-10-9-20(14-21(23)29)31-26(33)13-18(5)32/h9-12,14-17H,7-8,13H2,1-6H3,(H,31,33)/b27-19+. The second-order valence-electron chi connectivity index (χ2n) is 9.02. The van der Waals surface area contributed by atoms with Crippen molar-refractivity contribution in [1.29, 1.82) is 0 Å². The smallest absolute Gasteiger partial charge is 0.231 e. The molecule has 0 aliphatic rings. The monoisotopic (exact) mass is 496 g/mol. The first-order chi connectivity index (χ1) is 16.6. The van der Waals surface area contributed by atoms with Gasteiger partial charge in [0.15, 0.2) is 11.6 Å².